The molecule has 0 unspecified atom stereocenters. The number of nitrogens with one attached hydrogen (secondary N) is 1. The van der Waals surface area contributed by atoms with Gasteiger partial charge < -0.3 is 4.98 Å². The van der Waals surface area contributed by atoms with E-state index in [1.807, 2.05) is 0 Å². The van der Waals surface area contributed by atoms with Gasteiger partial charge in [0.05, 0.1) is 0 Å². The van der Waals surface area contributed by atoms with Crippen molar-refractivity contribution in [2.24, 2.45) is 0 Å². The molecule has 0 aromatic carbocycles. The lowest BCUT2D eigenvalue weighted by atomic mass is 11.3. The molecule has 5 heavy (non-hydrogen) atoms. The van der Waals surface area contributed by atoms with Crippen LogP contribution in [0.1, 0.15) is 2.74 Å². The van der Waals surface area contributed by atoms with Gasteiger partial charge >= 0.3 is 0 Å². The van der Waals surface area contributed by atoms with Gasteiger partial charge in [-0.2, -0.15) is 0 Å². The zero-order valence-electron chi connectivity index (χ0n) is 4.39. The quantitative estimate of drug-likeness (QED) is 0.460. The van der Waals surface area contributed by atoms with Gasteiger partial charge in [-0.05, 0) is 0 Å². The van der Waals surface area contributed by atoms with Crippen LogP contribution in [0.15, 0.2) is 12.6 Å². The first-order valence-corrected chi connectivity index (χ1v) is 1.15. The van der Waals surface area contributed by atoms with Gasteiger partial charge in [-0.15, -0.1) is 10.2 Å². The van der Waals surface area contributed by atoms with Crippen molar-refractivity contribution in [1.82, 2.24) is 15.2 Å². The fourth-order valence-corrected chi connectivity index (χ4v) is 0.125. The van der Waals surface area contributed by atoms with Gasteiger partial charge in [-0.1, -0.05) is 0 Å². The van der Waals surface area contributed by atoms with Gasteiger partial charge in [0.25, 0.3) is 0 Å². The SMILES string of the molecule is [2H]c1nnc([2H])[nH]1. The van der Waals surface area contributed by atoms with Gasteiger partial charge in [0.2, 0.25) is 0 Å². The van der Waals surface area contributed by atoms with Crippen LogP contribution in [0.2, 0.25) is 0 Å². The molecule has 1 aromatic rings. The molecular weight excluding hydrogens is 66.0 g/mol. The molecule has 0 aliphatic rings. The van der Waals surface area contributed by atoms with Crippen LogP contribution in [-0.2, 0) is 0 Å². The lowest BCUT2D eigenvalue weighted by Gasteiger charge is -1.42. The summed E-state index contributed by atoms with van der Waals surface area (Å²) in [4.78, 5) is 2.25. The summed E-state index contributed by atoms with van der Waals surface area (Å²) in [6.45, 7) is 0. The van der Waals surface area contributed by atoms with E-state index >= 15 is 0 Å². The van der Waals surface area contributed by atoms with Crippen molar-refractivity contribution in [1.29, 1.82) is 0 Å². The fraction of sp³-hybridized carbons (Fsp3) is 0. The summed E-state index contributed by atoms with van der Waals surface area (Å²) in [5, 5.41) is 6.38. The van der Waals surface area contributed by atoms with E-state index in [-0.39, 0.29) is 12.6 Å². The van der Waals surface area contributed by atoms with Crippen molar-refractivity contribution in [3.63, 3.8) is 0 Å². The number of nitrogens with zero attached hydrogens (tertiary/aromatic N) is 2. The first kappa shape index (κ1) is 1.08. The second-order valence-electron chi connectivity index (χ2n) is 0.549. The molecular formula is C2H3N3. The van der Waals surface area contributed by atoms with Crippen molar-refractivity contribution in [3.05, 3.63) is 12.6 Å². The predicted octanol–water partition coefficient (Wildman–Crippen LogP) is -0.195. The zero-order chi connectivity index (χ0) is 5.28. The molecule has 0 saturated carbocycles. The van der Waals surface area contributed by atoms with Crippen LogP contribution in [0, 0.1) is 0 Å². The van der Waals surface area contributed by atoms with Crippen molar-refractivity contribution in [2.45, 2.75) is 0 Å². The van der Waals surface area contributed by atoms with E-state index in [0.717, 1.165) is 0 Å². The monoisotopic (exact) mass is 71.0 g/mol. The average molecular weight is 71.1 g/mol. The minimum atomic E-state index is -0.0648. The summed E-state index contributed by atoms with van der Waals surface area (Å²) in [6, 6.07) is 0. The molecule has 1 rings (SSSR count). The van der Waals surface area contributed by atoms with Gasteiger partial charge in [0, 0.05) is 0 Å². The minimum Gasteiger partial charge on any atom is -0.334 e. The third kappa shape index (κ3) is 0.238. The van der Waals surface area contributed by atoms with Gasteiger partial charge in [0.1, 0.15) is 15.3 Å². The first-order valence-electron chi connectivity index (χ1n) is 2.15. The van der Waals surface area contributed by atoms with E-state index in [0.29, 0.717) is 0 Å². The Balaban J connectivity index is 3.04. The molecule has 0 fully saturated rings. The molecule has 26 valence electrons. The highest BCUT2D eigenvalue weighted by atomic mass is 15.2. The van der Waals surface area contributed by atoms with Crippen molar-refractivity contribution in [3.8, 4) is 0 Å². The molecule has 0 spiro atoms. The molecule has 1 heterocycles. The molecule has 3 nitrogen and oxygen atoms in total. The maximum atomic E-state index is 6.67. The number of H-pyrrole nitrogens is 1. The van der Waals surface area contributed by atoms with E-state index in [9.17, 15) is 0 Å². The molecule has 0 aliphatic heterocycles. The van der Waals surface area contributed by atoms with E-state index in [2.05, 4.69) is 15.2 Å². The fourth-order valence-electron chi connectivity index (χ4n) is 0.125. The van der Waals surface area contributed by atoms with Crippen LogP contribution in [-0.4, -0.2) is 15.2 Å². The second kappa shape index (κ2) is 0.839. The Morgan fingerprint density at radius 1 is 1.60 bits per heavy atom. The Bertz CT molecular complexity index is 143. The van der Waals surface area contributed by atoms with E-state index in [4.69, 9.17) is 2.74 Å². The van der Waals surface area contributed by atoms with Crippen LogP contribution in [0.3, 0.4) is 0 Å². The predicted molar refractivity (Wildman–Crippen MR) is 16.4 cm³/mol. The molecule has 3 heteroatoms. The highest BCUT2D eigenvalue weighted by Crippen LogP contribution is 1.53. The highest BCUT2D eigenvalue weighted by molar-refractivity contribution is 4.43. The summed E-state index contributed by atoms with van der Waals surface area (Å²) in [5.41, 5.74) is 0. The molecule has 1 N–H and O–H groups in total. The van der Waals surface area contributed by atoms with Crippen LogP contribution in [0.25, 0.3) is 0 Å². The molecule has 0 aliphatic carbocycles. The summed E-state index contributed by atoms with van der Waals surface area (Å²) < 4.78 is 13.3. The van der Waals surface area contributed by atoms with Gasteiger partial charge in [0.15, 0.2) is 0 Å². The standard InChI is InChI=1S/C2H3N3/c1-3-2-5-4-1/h1-2H,(H,3,4,5)/i1D,2D. The lowest BCUT2D eigenvalue weighted by molar-refractivity contribution is 1.09. The Morgan fingerprint density at radius 2 is 2.20 bits per heavy atom. The summed E-state index contributed by atoms with van der Waals surface area (Å²) in [6.07, 6.45) is -0.130. The maximum absolute atomic E-state index is 6.67. The van der Waals surface area contributed by atoms with Crippen LogP contribution in [0.4, 0.5) is 0 Å². The van der Waals surface area contributed by atoms with Gasteiger partial charge in [-0.3, -0.25) is 0 Å². The topological polar surface area (TPSA) is 41.6 Å². The molecule has 0 amide bonds. The van der Waals surface area contributed by atoms with E-state index < -0.39 is 0 Å². The minimum absolute atomic E-state index is 0.0648. The summed E-state index contributed by atoms with van der Waals surface area (Å²) in [7, 11) is 0. The van der Waals surface area contributed by atoms with Crippen LogP contribution >= 0.6 is 0 Å². The largest absolute Gasteiger partial charge is 0.334 e. The van der Waals surface area contributed by atoms with Crippen LogP contribution < -0.4 is 0 Å². The smallest absolute Gasteiger partial charge is 0.116 e. The molecule has 0 saturated heterocycles. The number of rotatable bonds is 0. The number of hydrogen-bond acceptors (Lipinski definition) is 2. The Hall–Kier alpha value is -0.860. The summed E-state index contributed by atoms with van der Waals surface area (Å²) >= 11 is 0. The van der Waals surface area contributed by atoms with Crippen molar-refractivity contribution in [2.75, 3.05) is 0 Å². The zero-order valence-corrected chi connectivity index (χ0v) is 2.39. The van der Waals surface area contributed by atoms with Crippen LogP contribution in [0.5, 0.6) is 0 Å². The average Bonchev–Trinajstić information content (AvgIpc) is 1.87. The lowest BCUT2D eigenvalue weighted by Crippen LogP contribution is -1.53. The van der Waals surface area contributed by atoms with Crippen molar-refractivity contribution >= 4 is 0 Å². The Kier molecular flexibility index (Phi) is 0.182. The number of hydrogen-bond donors (Lipinski definition) is 1. The second-order valence-corrected chi connectivity index (χ2v) is 0.549. The first-order chi connectivity index (χ1) is 3.29. The molecule has 0 atom stereocenters. The Morgan fingerprint density at radius 3 is 2.40 bits per heavy atom. The number of aromatic amines is 1. The third-order valence-corrected chi connectivity index (χ3v) is 0.262. The maximum Gasteiger partial charge on any atom is 0.116 e. The molecule has 0 bridgehead atoms. The Labute approximate surface area is 31.9 Å². The van der Waals surface area contributed by atoms with E-state index in [1.165, 1.54) is 0 Å². The molecule has 0 radical (unpaired) electrons. The number of aromatic nitrogens is 3. The van der Waals surface area contributed by atoms with Gasteiger partial charge in [-0.25, -0.2) is 0 Å². The highest BCUT2D eigenvalue weighted by Gasteiger charge is 1.57. The summed E-state index contributed by atoms with van der Waals surface area (Å²) in [5.74, 6) is 0. The van der Waals surface area contributed by atoms with Crippen molar-refractivity contribution < 1.29 is 2.74 Å². The molecule has 1 aromatic heterocycles. The third-order valence-electron chi connectivity index (χ3n) is 0.262. The van der Waals surface area contributed by atoms with E-state index in [1.54, 1.807) is 0 Å². The normalized spacial score (nSPS) is 13.6.